The van der Waals surface area contributed by atoms with E-state index in [2.05, 4.69) is 5.32 Å². The summed E-state index contributed by atoms with van der Waals surface area (Å²) in [5.74, 6) is -0.681. The summed E-state index contributed by atoms with van der Waals surface area (Å²) in [5, 5.41) is 5.37. The fraction of sp³-hybridized carbons (Fsp3) is 0.611. The number of nitrogens with one attached hydrogen (secondary N) is 1. The molecule has 2 aliphatic rings. The number of anilines is 1. The molecule has 1 saturated heterocycles. The fourth-order valence-electron chi connectivity index (χ4n) is 3.37. The van der Waals surface area contributed by atoms with Crippen molar-refractivity contribution in [3.63, 3.8) is 0 Å². The molecule has 26 heavy (non-hydrogen) atoms. The molecule has 0 radical (unpaired) electrons. The van der Waals surface area contributed by atoms with E-state index in [0.29, 0.717) is 29.6 Å². The van der Waals surface area contributed by atoms with Gasteiger partial charge in [-0.3, -0.25) is 14.5 Å². The number of ether oxygens (including phenoxy) is 1. The van der Waals surface area contributed by atoms with Crippen molar-refractivity contribution in [2.24, 2.45) is 11.7 Å². The Hall–Kier alpha value is -1.93. The average molecular weight is 379 g/mol. The number of thiophene rings is 1. The third kappa shape index (κ3) is 4.42. The fourth-order valence-corrected chi connectivity index (χ4v) is 4.42. The largest absolute Gasteiger partial charge is 0.462 e. The van der Waals surface area contributed by atoms with E-state index in [4.69, 9.17) is 10.5 Å². The molecule has 0 spiro atoms. The van der Waals surface area contributed by atoms with Gasteiger partial charge in [0.25, 0.3) is 0 Å². The highest BCUT2D eigenvalue weighted by molar-refractivity contribution is 7.15. The second kappa shape index (κ2) is 8.18. The Morgan fingerprint density at radius 1 is 1.35 bits per heavy atom. The Morgan fingerprint density at radius 2 is 2.12 bits per heavy atom. The van der Waals surface area contributed by atoms with Crippen molar-refractivity contribution in [3.05, 3.63) is 16.5 Å². The standard InChI is InChI=1S/C18H25N3O4S/c1-2-25-18(24)15-13(11-5-6-11)10-26-17(15)20-14(22)9-21-7-3-4-12(8-21)16(19)23/h10-12H,2-9H2,1H3,(H2,19,23)(H,20,22)/t12-/m0/s1. The number of amides is 2. The molecule has 3 rings (SSSR count). The van der Waals surface area contributed by atoms with Crippen LogP contribution in [0.25, 0.3) is 0 Å². The van der Waals surface area contributed by atoms with Gasteiger partial charge >= 0.3 is 5.97 Å². The van der Waals surface area contributed by atoms with Crippen molar-refractivity contribution in [1.29, 1.82) is 0 Å². The number of hydrogen-bond donors (Lipinski definition) is 2. The first kappa shape index (κ1) is 18.8. The Kier molecular flexibility index (Phi) is 5.93. The van der Waals surface area contributed by atoms with E-state index >= 15 is 0 Å². The lowest BCUT2D eigenvalue weighted by Crippen LogP contribution is -2.44. The number of carbonyl (C=O) groups excluding carboxylic acids is 3. The number of likely N-dealkylation sites (tertiary alicyclic amines) is 1. The number of hydrogen-bond acceptors (Lipinski definition) is 6. The van der Waals surface area contributed by atoms with Gasteiger partial charge in [0.1, 0.15) is 5.00 Å². The third-order valence-corrected chi connectivity index (χ3v) is 5.76. The summed E-state index contributed by atoms with van der Waals surface area (Å²) in [4.78, 5) is 38.1. The molecule has 1 aromatic heterocycles. The second-order valence-electron chi connectivity index (χ2n) is 6.91. The highest BCUT2D eigenvalue weighted by atomic mass is 32.1. The summed E-state index contributed by atoms with van der Waals surface area (Å²) in [6, 6.07) is 0. The van der Waals surface area contributed by atoms with Gasteiger partial charge < -0.3 is 15.8 Å². The molecule has 2 fully saturated rings. The van der Waals surface area contributed by atoms with Gasteiger partial charge in [0, 0.05) is 6.54 Å². The van der Waals surface area contributed by atoms with Gasteiger partial charge in [0.15, 0.2) is 0 Å². The molecule has 1 saturated carbocycles. The molecule has 1 atom stereocenters. The Labute approximate surface area is 156 Å². The Balaban J connectivity index is 1.65. The third-order valence-electron chi connectivity index (χ3n) is 4.84. The first-order chi connectivity index (χ1) is 12.5. The highest BCUT2D eigenvalue weighted by Crippen LogP contribution is 2.46. The van der Waals surface area contributed by atoms with Crippen molar-refractivity contribution in [2.45, 2.75) is 38.5 Å². The van der Waals surface area contributed by atoms with Gasteiger partial charge in [-0.05, 0) is 56.0 Å². The van der Waals surface area contributed by atoms with Crippen LogP contribution in [0.15, 0.2) is 5.38 Å². The molecule has 1 aliphatic heterocycles. The van der Waals surface area contributed by atoms with Gasteiger partial charge in [0.05, 0.1) is 24.6 Å². The van der Waals surface area contributed by atoms with Crippen LogP contribution in [0.1, 0.15) is 54.4 Å². The summed E-state index contributed by atoms with van der Waals surface area (Å²) >= 11 is 1.37. The maximum atomic E-state index is 12.5. The molecule has 1 aromatic rings. The van der Waals surface area contributed by atoms with E-state index in [-0.39, 0.29) is 30.2 Å². The maximum Gasteiger partial charge on any atom is 0.341 e. The monoisotopic (exact) mass is 379 g/mol. The minimum absolute atomic E-state index is 0.183. The lowest BCUT2D eigenvalue weighted by molar-refractivity contribution is -0.125. The second-order valence-corrected chi connectivity index (χ2v) is 7.79. The van der Waals surface area contributed by atoms with Gasteiger partial charge in [0.2, 0.25) is 11.8 Å². The Bertz CT molecular complexity index is 699. The van der Waals surface area contributed by atoms with Crippen LogP contribution in [0.5, 0.6) is 0 Å². The highest BCUT2D eigenvalue weighted by Gasteiger charge is 2.32. The van der Waals surface area contributed by atoms with Crippen LogP contribution in [0, 0.1) is 5.92 Å². The SMILES string of the molecule is CCOC(=O)c1c(C2CC2)csc1NC(=O)CN1CCC[C@H](C(N)=O)C1. The van der Waals surface area contributed by atoms with Crippen molar-refractivity contribution >= 4 is 34.1 Å². The van der Waals surface area contributed by atoms with E-state index in [9.17, 15) is 14.4 Å². The molecule has 142 valence electrons. The zero-order valence-corrected chi connectivity index (χ0v) is 15.8. The molecule has 2 amide bonds. The molecule has 8 heteroatoms. The normalized spacial score (nSPS) is 20.6. The molecule has 3 N–H and O–H groups in total. The van der Waals surface area contributed by atoms with Crippen LogP contribution in [-0.4, -0.2) is 48.9 Å². The van der Waals surface area contributed by atoms with Crippen LogP contribution in [-0.2, 0) is 14.3 Å². The number of esters is 1. The molecule has 0 unspecified atom stereocenters. The number of nitrogens with zero attached hydrogens (tertiary/aromatic N) is 1. The van der Waals surface area contributed by atoms with Gasteiger partial charge in [-0.2, -0.15) is 0 Å². The molecule has 0 aromatic carbocycles. The summed E-state index contributed by atoms with van der Waals surface area (Å²) < 4.78 is 5.17. The van der Waals surface area contributed by atoms with Crippen molar-refractivity contribution in [1.82, 2.24) is 4.90 Å². The van der Waals surface area contributed by atoms with Crippen molar-refractivity contribution in [2.75, 3.05) is 31.6 Å². The number of rotatable bonds is 7. The average Bonchev–Trinajstić information content (AvgIpc) is 3.36. The number of piperidine rings is 1. The predicted octanol–water partition coefficient (Wildman–Crippen LogP) is 1.94. The van der Waals surface area contributed by atoms with E-state index in [1.54, 1.807) is 6.92 Å². The molecule has 7 nitrogen and oxygen atoms in total. The topological polar surface area (TPSA) is 102 Å². The first-order valence-corrected chi connectivity index (χ1v) is 9.97. The zero-order chi connectivity index (χ0) is 18.7. The van der Waals surface area contributed by atoms with Gasteiger partial charge in [-0.1, -0.05) is 0 Å². The van der Waals surface area contributed by atoms with Crippen LogP contribution in [0.3, 0.4) is 0 Å². The number of nitrogens with two attached hydrogens (primary N) is 1. The van der Waals surface area contributed by atoms with Crippen LogP contribution < -0.4 is 11.1 Å². The molecule has 0 bridgehead atoms. The molecular weight excluding hydrogens is 354 g/mol. The van der Waals surface area contributed by atoms with Crippen LogP contribution in [0.4, 0.5) is 5.00 Å². The summed E-state index contributed by atoms with van der Waals surface area (Å²) in [5.41, 5.74) is 6.87. The Morgan fingerprint density at radius 3 is 2.77 bits per heavy atom. The number of primary amides is 1. The van der Waals surface area contributed by atoms with E-state index in [0.717, 1.165) is 37.8 Å². The molecule has 2 heterocycles. The number of carbonyl (C=O) groups is 3. The lowest BCUT2D eigenvalue weighted by Gasteiger charge is -2.30. The van der Waals surface area contributed by atoms with E-state index in [1.165, 1.54) is 11.3 Å². The van der Waals surface area contributed by atoms with E-state index < -0.39 is 0 Å². The summed E-state index contributed by atoms with van der Waals surface area (Å²) in [7, 11) is 0. The quantitative estimate of drug-likeness (QED) is 0.705. The molecule has 1 aliphatic carbocycles. The summed E-state index contributed by atoms with van der Waals surface area (Å²) in [6.45, 7) is 3.52. The zero-order valence-electron chi connectivity index (χ0n) is 15.0. The smallest absolute Gasteiger partial charge is 0.341 e. The first-order valence-electron chi connectivity index (χ1n) is 9.09. The minimum atomic E-state index is -0.377. The predicted molar refractivity (Wildman–Crippen MR) is 99.2 cm³/mol. The van der Waals surface area contributed by atoms with Crippen LogP contribution in [0.2, 0.25) is 0 Å². The maximum absolute atomic E-state index is 12.5. The van der Waals surface area contributed by atoms with Gasteiger partial charge in [-0.15, -0.1) is 11.3 Å². The minimum Gasteiger partial charge on any atom is -0.462 e. The van der Waals surface area contributed by atoms with Crippen molar-refractivity contribution in [3.8, 4) is 0 Å². The lowest BCUT2D eigenvalue weighted by atomic mass is 9.97. The van der Waals surface area contributed by atoms with Crippen molar-refractivity contribution < 1.29 is 19.1 Å². The van der Waals surface area contributed by atoms with Gasteiger partial charge in [-0.25, -0.2) is 4.79 Å². The molecular formula is C18H25N3O4S. The summed E-state index contributed by atoms with van der Waals surface area (Å²) in [6.07, 6.45) is 3.76. The van der Waals surface area contributed by atoms with Crippen LogP contribution >= 0.6 is 11.3 Å². The van der Waals surface area contributed by atoms with E-state index in [1.807, 2.05) is 10.3 Å².